The Morgan fingerprint density at radius 3 is 2.82 bits per heavy atom. The molecule has 0 radical (unpaired) electrons. The van der Waals surface area contributed by atoms with E-state index in [9.17, 15) is 0 Å². The van der Waals surface area contributed by atoms with Gasteiger partial charge in [0.25, 0.3) is 0 Å². The lowest BCUT2D eigenvalue weighted by Gasteiger charge is -2.06. The quantitative estimate of drug-likeness (QED) is 0.598. The van der Waals surface area contributed by atoms with Gasteiger partial charge in [-0.2, -0.15) is 0 Å². The van der Waals surface area contributed by atoms with Crippen LogP contribution in [-0.4, -0.2) is 23.2 Å². The lowest BCUT2D eigenvalue weighted by molar-refractivity contribution is 0.309. The molecule has 17 heavy (non-hydrogen) atoms. The van der Waals surface area contributed by atoms with E-state index in [1.165, 1.54) is 18.4 Å². The first-order valence-electron chi connectivity index (χ1n) is 6.10. The molecule has 2 N–H and O–H groups in total. The van der Waals surface area contributed by atoms with Gasteiger partial charge in [0.05, 0.1) is 6.61 Å². The van der Waals surface area contributed by atoms with Crippen molar-refractivity contribution in [2.45, 2.75) is 32.6 Å². The molecule has 0 aromatic carbocycles. The van der Waals surface area contributed by atoms with Gasteiger partial charge in [-0.25, -0.2) is 0 Å². The summed E-state index contributed by atoms with van der Waals surface area (Å²) < 4.78 is 5.38. The number of aryl methyl sites for hydroxylation is 1. The summed E-state index contributed by atoms with van der Waals surface area (Å²) in [7, 11) is 0. The Balaban J connectivity index is 2.46. The van der Waals surface area contributed by atoms with E-state index in [1.807, 2.05) is 12.3 Å². The van der Waals surface area contributed by atoms with E-state index < -0.39 is 0 Å². The maximum atomic E-state index is 5.38. The second kappa shape index (κ2) is 8.14. The van der Waals surface area contributed by atoms with Crippen molar-refractivity contribution in [2.24, 2.45) is 5.73 Å². The highest BCUT2D eigenvalue weighted by atomic mass is 32.1. The number of rotatable bonds is 7. The molecule has 3 nitrogen and oxygen atoms in total. The fourth-order valence-electron chi connectivity index (χ4n) is 1.40. The summed E-state index contributed by atoms with van der Waals surface area (Å²) >= 11 is 5.14. The van der Waals surface area contributed by atoms with Crippen molar-refractivity contribution in [1.29, 1.82) is 0 Å². The van der Waals surface area contributed by atoms with Crippen molar-refractivity contribution in [3.63, 3.8) is 0 Å². The number of aromatic nitrogens is 1. The SMILES string of the molecule is CCCCc1ccc(C(=S)OCCCN)nc1. The molecule has 0 spiro atoms. The maximum absolute atomic E-state index is 5.38. The number of hydrogen-bond donors (Lipinski definition) is 1. The van der Waals surface area contributed by atoms with Gasteiger partial charge >= 0.3 is 0 Å². The minimum Gasteiger partial charge on any atom is -0.482 e. The molecule has 0 aliphatic rings. The first-order valence-corrected chi connectivity index (χ1v) is 6.51. The number of nitrogens with two attached hydrogens (primary N) is 1. The molecule has 0 unspecified atom stereocenters. The van der Waals surface area contributed by atoms with Crippen LogP contribution in [-0.2, 0) is 11.2 Å². The number of unbranched alkanes of at least 4 members (excludes halogenated alkanes) is 1. The predicted molar refractivity (Wildman–Crippen MR) is 74.2 cm³/mol. The summed E-state index contributed by atoms with van der Waals surface area (Å²) in [5, 5.41) is 0.459. The van der Waals surface area contributed by atoms with Crippen LogP contribution in [0, 0.1) is 0 Å². The first kappa shape index (κ1) is 14.1. The van der Waals surface area contributed by atoms with E-state index in [4.69, 9.17) is 22.7 Å². The average Bonchev–Trinajstić information content (AvgIpc) is 2.37. The minimum atomic E-state index is 0.459. The van der Waals surface area contributed by atoms with Crippen LogP contribution in [0.5, 0.6) is 0 Å². The number of thiocarbonyl (C=S) groups is 1. The third-order valence-electron chi connectivity index (χ3n) is 2.43. The smallest absolute Gasteiger partial charge is 0.210 e. The highest BCUT2D eigenvalue weighted by Crippen LogP contribution is 2.06. The predicted octanol–water partition coefficient (Wildman–Crippen LogP) is 2.47. The highest BCUT2D eigenvalue weighted by molar-refractivity contribution is 7.80. The monoisotopic (exact) mass is 252 g/mol. The van der Waals surface area contributed by atoms with Crippen molar-refractivity contribution < 1.29 is 4.74 Å². The zero-order valence-electron chi connectivity index (χ0n) is 10.3. The topological polar surface area (TPSA) is 48.1 Å². The van der Waals surface area contributed by atoms with Gasteiger partial charge in [0.2, 0.25) is 5.05 Å². The van der Waals surface area contributed by atoms with E-state index in [-0.39, 0.29) is 0 Å². The van der Waals surface area contributed by atoms with Crippen LogP contribution in [0.4, 0.5) is 0 Å². The third-order valence-corrected chi connectivity index (χ3v) is 2.76. The molecule has 0 amide bonds. The Kier molecular flexibility index (Phi) is 6.74. The van der Waals surface area contributed by atoms with Gasteiger partial charge in [-0.1, -0.05) is 19.4 Å². The van der Waals surface area contributed by atoms with Crippen LogP contribution in [0.25, 0.3) is 0 Å². The third kappa shape index (κ3) is 5.24. The van der Waals surface area contributed by atoms with Gasteiger partial charge in [-0.3, -0.25) is 4.98 Å². The largest absolute Gasteiger partial charge is 0.482 e. The summed E-state index contributed by atoms with van der Waals surface area (Å²) in [6.45, 7) is 3.36. The van der Waals surface area contributed by atoms with Crippen molar-refractivity contribution in [2.75, 3.05) is 13.2 Å². The molecule has 1 heterocycles. The maximum Gasteiger partial charge on any atom is 0.210 e. The van der Waals surface area contributed by atoms with Crippen molar-refractivity contribution in [1.82, 2.24) is 4.98 Å². The van der Waals surface area contributed by atoms with Gasteiger partial charge in [-0.05, 0) is 49.7 Å². The number of nitrogens with zero attached hydrogens (tertiary/aromatic N) is 1. The molecule has 1 rings (SSSR count). The molecule has 0 saturated carbocycles. The first-order chi connectivity index (χ1) is 8.27. The van der Waals surface area contributed by atoms with E-state index in [0.717, 1.165) is 18.5 Å². The molecule has 0 aliphatic carbocycles. The zero-order chi connectivity index (χ0) is 12.5. The van der Waals surface area contributed by atoms with Crippen LogP contribution in [0.1, 0.15) is 37.4 Å². The Morgan fingerprint density at radius 2 is 2.24 bits per heavy atom. The molecule has 0 fully saturated rings. The van der Waals surface area contributed by atoms with Gasteiger partial charge < -0.3 is 10.5 Å². The average molecular weight is 252 g/mol. The molecule has 4 heteroatoms. The molecule has 1 aromatic heterocycles. The summed E-state index contributed by atoms with van der Waals surface area (Å²) in [5.74, 6) is 0. The normalized spacial score (nSPS) is 10.2. The Bertz CT molecular complexity index is 338. The number of hydrogen-bond acceptors (Lipinski definition) is 4. The molecule has 0 saturated heterocycles. The van der Waals surface area contributed by atoms with Crippen LogP contribution < -0.4 is 5.73 Å². The van der Waals surface area contributed by atoms with Crippen LogP contribution in [0.2, 0.25) is 0 Å². The summed E-state index contributed by atoms with van der Waals surface area (Å²) in [6, 6.07) is 3.99. The summed E-state index contributed by atoms with van der Waals surface area (Å²) in [5.41, 5.74) is 7.36. The molecule has 0 aliphatic heterocycles. The highest BCUT2D eigenvalue weighted by Gasteiger charge is 2.03. The fourth-order valence-corrected chi connectivity index (χ4v) is 1.60. The number of pyridine rings is 1. The lowest BCUT2D eigenvalue weighted by Crippen LogP contribution is -2.10. The fraction of sp³-hybridized carbons (Fsp3) is 0.538. The van der Waals surface area contributed by atoms with E-state index in [0.29, 0.717) is 18.2 Å². The van der Waals surface area contributed by atoms with Crippen molar-refractivity contribution in [3.8, 4) is 0 Å². The second-order valence-corrected chi connectivity index (χ2v) is 4.30. The van der Waals surface area contributed by atoms with Crippen LogP contribution >= 0.6 is 12.2 Å². The molecule has 0 bridgehead atoms. The Hall–Kier alpha value is -1.00. The zero-order valence-corrected chi connectivity index (χ0v) is 11.1. The van der Waals surface area contributed by atoms with E-state index in [2.05, 4.69) is 18.0 Å². The second-order valence-electron chi connectivity index (χ2n) is 3.93. The Labute approximate surface area is 108 Å². The Morgan fingerprint density at radius 1 is 1.41 bits per heavy atom. The molecule has 0 atom stereocenters. The molecular weight excluding hydrogens is 232 g/mol. The van der Waals surface area contributed by atoms with Gasteiger partial charge in [0, 0.05) is 6.20 Å². The molecule has 94 valence electrons. The van der Waals surface area contributed by atoms with Gasteiger partial charge in [-0.15, -0.1) is 0 Å². The number of ether oxygens (including phenoxy) is 1. The van der Waals surface area contributed by atoms with Crippen molar-refractivity contribution >= 4 is 17.3 Å². The van der Waals surface area contributed by atoms with E-state index >= 15 is 0 Å². The minimum absolute atomic E-state index is 0.459. The van der Waals surface area contributed by atoms with Gasteiger partial charge in [0.15, 0.2) is 0 Å². The van der Waals surface area contributed by atoms with Crippen molar-refractivity contribution in [3.05, 3.63) is 29.6 Å². The van der Waals surface area contributed by atoms with Crippen LogP contribution in [0.3, 0.4) is 0 Å². The summed E-state index contributed by atoms with van der Waals surface area (Å²) in [6.07, 6.45) is 6.16. The van der Waals surface area contributed by atoms with Crippen LogP contribution in [0.15, 0.2) is 18.3 Å². The lowest BCUT2D eigenvalue weighted by atomic mass is 10.1. The standard InChI is InChI=1S/C13H20N2OS/c1-2-3-5-11-6-7-12(15-10-11)13(17)16-9-4-8-14/h6-7,10H,2-5,8-9,14H2,1H3. The molecule has 1 aromatic rings. The van der Waals surface area contributed by atoms with E-state index in [1.54, 1.807) is 0 Å². The molecular formula is C13H20N2OS. The van der Waals surface area contributed by atoms with Gasteiger partial charge in [0.1, 0.15) is 5.69 Å². The summed E-state index contributed by atoms with van der Waals surface area (Å²) in [4.78, 5) is 4.31.